The van der Waals surface area contributed by atoms with Gasteiger partial charge in [0.05, 0.1) is 23.8 Å². The molecule has 1 amide bonds. The van der Waals surface area contributed by atoms with E-state index in [2.05, 4.69) is 45.0 Å². The molecule has 2 aromatic rings. The second kappa shape index (κ2) is 8.18. The molecule has 0 aliphatic carbocycles. The van der Waals surface area contributed by atoms with Gasteiger partial charge in [-0.05, 0) is 50.6 Å². The van der Waals surface area contributed by atoms with E-state index < -0.39 is 0 Å². The molecule has 26 heavy (non-hydrogen) atoms. The average molecular weight is 418 g/mol. The van der Waals surface area contributed by atoms with E-state index in [1.807, 2.05) is 43.3 Å². The molecule has 6 heteroatoms. The lowest BCUT2D eigenvalue weighted by Crippen LogP contribution is -2.45. The number of morpholine rings is 1. The van der Waals surface area contributed by atoms with Crippen LogP contribution in [0.5, 0.6) is 0 Å². The van der Waals surface area contributed by atoms with Crippen LogP contribution < -0.4 is 10.2 Å². The Morgan fingerprint density at radius 2 is 1.85 bits per heavy atom. The maximum atomic E-state index is 12.5. The zero-order chi connectivity index (χ0) is 18.7. The Morgan fingerprint density at radius 1 is 1.19 bits per heavy atom. The van der Waals surface area contributed by atoms with Crippen LogP contribution in [0.4, 0.5) is 5.82 Å². The first kappa shape index (κ1) is 18.9. The number of rotatable bonds is 4. The van der Waals surface area contributed by atoms with E-state index in [0.29, 0.717) is 5.56 Å². The summed E-state index contributed by atoms with van der Waals surface area (Å²) < 4.78 is 6.78. The Morgan fingerprint density at radius 3 is 2.42 bits per heavy atom. The van der Waals surface area contributed by atoms with Crippen LogP contribution in [-0.2, 0) is 4.74 Å². The number of ether oxygens (including phenoxy) is 1. The van der Waals surface area contributed by atoms with Crippen LogP contribution in [0, 0.1) is 0 Å². The molecular formula is C20H24BrN3O2. The summed E-state index contributed by atoms with van der Waals surface area (Å²) >= 11 is 3.42. The largest absolute Gasteiger partial charge is 0.372 e. The molecule has 3 unspecified atom stereocenters. The zero-order valence-electron chi connectivity index (χ0n) is 15.3. The fourth-order valence-corrected chi connectivity index (χ4v) is 3.45. The van der Waals surface area contributed by atoms with E-state index in [9.17, 15) is 4.79 Å². The number of amides is 1. The molecule has 1 saturated heterocycles. The summed E-state index contributed by atoms with van der Waals surface area (Å²) in [4.78, 5) is 19.2. The molecule has 138 valence electrons. The van der Waals surface area contributed by atoms with Crippen molar-refractivity contribution in [2.45, 2.75) is 39.0 Å². The Labute approximate surface area is 162 Å². The molecular weight excluding hydrogens is 394 g/mol. The number of halogens is 1. The molecule has 0 saturated carbocycles. The predicted octanol–water partition coefficient (Wildman–Crippen LogP) is 3.95. The van der Waals surface area contributed by atoms with Crippen molar-refractivity contribution in [2.75, 3.05) is 18.0 Å². The SMILES string of the molecule is CC1CN(c2ccc(C(=O)NC(C)c3ccc(Br)cc3)cn2)CC(C)O1. The first-order valence-corrected chi connectivity index (χ1v) is 9.64. The highest BCUT2D eigenvalue weighted by atomic mass is 79.9. The van der Waals surface area contributed by atoms with Crippen LogP contribution >= 0.6 is 15.9 Å². The smallest absolute Gasteiger partial charge is 0.253 e. The summed E-state index contributed by atoms with van der Waals surface area (Å²) in [5.41, 5.74) is 1.62. The van der Waals surface area contributed by atoms with Crippen LogP contribution in [0.15, 0.2) is 47.1 Å². The molecule has 0 bridgehead atoms. The van der Waals surface area contributed by atoms with Crippen molar-refractivity contribution in [3.05, 3.63) is 58.2 Å². The van der Waals surface area contributed by atoms with Crippen molar-refractivity contribution in [1.82, 2.24) is 10.3 Å². The molecule has 0 radical (unpaired) electrons. The molecule has 1 aromatic carbocycles. The highest BCUT2D eigenvalue weighted by molar-refractivity contribution is 9.10. The monoisotopic (exact) mass is 417 g/mol. The van der Waals surface area contributed by atoms with Crippen LogP contribution in [0.1, 0.15) is 42.7 Å². The number of benzene rings is 1. The van der Waals surface area contributed by atoms with Crippen molar-refractivity contribution in [3.8, 4) is 0 Å². The normalized spacial score (nSPS) is 21.3. The van der Waals surface area contributed by atoms with Gasteiger partial charge in [0, 0.05) is 23.8 Å². The first-order valence-electron chi connectivity index (χ1n) is 8.85. The summed E-state index contributed by atoms with van der Waals surface area (Å²) in [6.07, 6.45) is 2.00. The number of carbonyl (C=O) groups is 1. The van der Waals surface area contributed by atoms with Gasteiger partial charge in [-0.3, -0.25) is 4.79 Å². The van der Waals surface area contributed by atoms with Gasteiger partial charge in [-0.15, -0.1) is 0 Å². The van der Waals surface area contributed by atoms with E-state index in [0.717, 1.165) is 28.9 Å². The highest BCUT2D eigenvalue weighted by Crippen LogP contribution is 2.20. The Balaban J connectivity index is 1.64. The summed E-state index contributed by atoms with van der Waals surface area (Å²) in [6, 6.07) is 11.6. The van der Waals surface area contributed by atoms with E-state index in [-0.39, 0.29) is 24.2 Å². The van der Waals surface area contributed by atoms with E-state index in [1.165, 1.54) is 0 Å². The van der Waals surface area contributed by atoms with E-state index >= 15 is 0 Å². The van der Waals surface area contributed by atoms with Crippen LogP contribution in [-0.4, -0.2) is 36.2 Å². The van der Waals surface area contributed by atoms with Gasteiger partial charge >= 0.3 is 0 Å². The number of pyridine rings is 1. The highest BCUT2D eigenvalue weighted by Gasteiger charge is 2.23. The standard InChI is InChI=1S/C20H24BrN3O2/c1-13-11-24(12-14(2)26-13)19-9-6-17(10-22-19)20(25)23-15(3)16-4-7-18(21)8-5-16/h4-10,13-15H,11-12H2,1-3H3,(H,23,25). The van der Waals surface area contributed by atoms with Gasteiger partial charge in [-0.1, -0.05) is 28.1 Å². The van der Waals surface area contributed by atoms with Crippen molar-refractivity contribution in [1.29, 1.82) is 0 Å². The molecule has 1 aliphatic heterocycles. The average Bonchev–Trinajstić information content (AvgIpc) is 2.61. The third kappa shape index (κ3) is 4.62. The molecule has 1 aliphatic rings. The first-order chi connectivity index (χ1) is 12.4. The third-order valence-electron chi connectivity index (χ3n) is 4.47. The van der Waals surface area contributed by atoms with Gasteiger partial charge < -0.3 is 15.0 Å². The second-order valence-electron chi connectivity index (χ2n) is 6.81. The lowest BCUT2D eigenvalue weighted by atomic mass is 10.1. The molecule has 1 fully saturated rings. The van der Waals surface area contributed by atoms with Crippen molar-refractivity contribution >= 4 is 27.7 Å². The minimum absolute atomic E-state index is 0.0729. The fourth-order valence-electron chi connectivity index (χ4n) is 3.19. The molecule has 0 spiro atoms. The maximum Gasteiger partial charge on any atom is 0.253 e. The Bertz CT molecular complexity index is 739. The summed E-state index contributed by atoms with van der Waals surface area (Å²) in [5, 5.41) is 3.02. The lowest BCUT2D eigenvalue weighted by molar-refractivity contribution is -0.00546. The summed E-state index contributed by atoms with van der Waals surface area (Å²) in [6.45, 7) is 7.72. The topological polar surface area (TPSA) is 54.5 Å². The molecule has 3 atom stereocenters. The number of nitrogens with zero attached hydrogens (tertiary/aromatic N) is 2. The van der Waals surface area contributed by atoms with E-state index in [4.69, 9.17) is 4.74 Å². The number of aromatic nitrogens is 1. The number of hydrogen-bond acceptors (Lipinski definition) is 4. The minimum atomic E-state index is -0.122. The molecule has 2 heterocycles. The van der Waals surface area contributed by atoms with Gasteiger partial charge in [0.2, 0.25) is 0 Å². The van der Waals surface area contributed by atoms with Crippen LogP contribution in [0.3, 0.4) is 0 Å². The lowest BCUT2D eigenvalue weighted by Gasteiger charge is -2.36. The number of nitrogens with one attached hydrogen (secondary N) is 1. The van der Waals surface area contributed by atoms with Crippen LogP contribution in [0.25, 0.3) is 0 Å². The van der Waals surface area contributed by atoms with Gasteiger partial charge in [-0.25, -0.2) is 4.98 Å². The third-order valence-corrected chi connectivity index (χ3v) is 5.00. The summed E-state index contributed by atoms with van der Waals surface area (Å²) in [5.74, 6) is 0.757. The van der Waals surface area contributed by atoms with Crippen molar-refractivity contribution in [3.63, 3.8) is 0 Å². The van der Waals surface area contributed by atoms with Gasteiger partial charge in [0.25, 0.3) is 5.91 Å². The fraction of sp³-hybridized carbons (Fsp3) is 0.400. The van der Waals surface area contributed by atoms with Gasteiger partial charge in [-0.2, -0.15) is 0 Å². The maximum absolute atomic E-state index is 12.5. The van der Waals surface area contributed by atoms with Crippen molar-refractivity contribution in [2.24, 2.45) is 0 Å². The Hall–Kier alpha value is -1.92. The van der Waals surface area contributed by atoms with Gasteiger partial charge in [0.1, 0.15) is 5.82 Å². The second-order valence-corrected chi connectivity index (χ2v) is 7.73. The zero-order valence-corrected chi connectivity index (χ0v) is 16.9. The molecule has 1 N–H and O–H groups in total. The molecule has 1 aromatic heterocycles. The number of anilines is 1. The Kier molecular flexibility index (Phi) is 5.94. The van der Waals surface area contributed by atoms with Crippen LogP contribution in [0.2, 0.25) is 0 Å². The van der Waals surface area contributed by atoms with Gasteiger partial charge in [0.15, 0.2) is 0 Å². The molecule has 5 nitrogen and oxygen atoms in total. The summed E-state index contributed by atoms with van der Waals surface area (Å²) in [7, 11) is 0. The van der Waals surface area contributed by atoms with E-state index in [1.54, 1.807) is 6.20 Å². The minimum Gasteiger partial charge on any atom is -0.372 e. The molecule has 3 rings (SSSR count). The number of hydrogen-bond donors (Lipinski definition) is 1. The number of carbonyl (C=O) groups excluding carboxylic acids is 1. The van der Waals surface area contributed by atoms with Crippen molar-refractivity contribution < 1.29 is 9.53 Å². The quantitative estimate of drug-likeness (QED) is 0.817. The predicted molar refractivity (Wildman–Crippen MR) is 106 cm³/mol.